The van der Waals surface area contributed by atoms with Crippen molar-refractivity contribution in [2.75, 3.05) is 13.7 Å². The highest BCUT2D eigenvalue weighted by Crippen LogP contribution is 2.18. The molecule has 0 bridgehead atoms. The summed E-state index contributed by atoms with van der Waals surface area (Å²) in [6, 6.07) is 19.5. The molecule has 146 valence electrons. The molecule has 0 spiro atoms. The Morgan fingerprint density at radius 2 is 1.69 bits per heavy atom. The van der Waals surface area contributed by atoms with Crippen LogP contribution in [0.15, 0.2) is 71.8 Å². The molecule has 7 heteroatoms. The lowest BCUT2D eigenvalue weighted by molar-refractivity contribution is -0.120. The summed E-state index contributed by atoms with van der Waals surface area (Å²) in [6.07, 6.45) is 1.44. The van der Waals surface area contributed by atoms with Gasteiger partial charge in [-0.1, -0.05) is 48.5 Å². The summed E-state index contributed by atoms with van der Waals surface area (Å²) in [5.41, 5.74) is 3.97. The van der Waals surface area contributed by atoms with Gasteiger partial charge in [0.05, 0.1) is 25.4 Å². The summed E-state index contributed by atoms with van der Waals surface area (Å²) >= 11 is 0. The first-order valence-electron chi connectivity index (χ1n) is 8.85. The number of hydrogen-bond donors (Lipinski definition) is 2. The number of carbonyl (C=O) groups excluding carboxylic acids is 3. The fourth-order valence-corrected chi connectivity index (χ4v) is 2.72. The van der Waals surface area contributed by atoms with Crippen LogP contribution in [0, 0.1) is 0 Å². The molecule has 0 saturated carbocycles. The van der Waals surface area contributed by atoms with Crippen molar-refractivity contribution in [2.45, 2.75) is 0 Å². The van der Waals surface area contributed by atoms with Gasteiger partial charge in [0.15, 0.2) is 0 Å². The number of ether oxygens (including phenoxy) is 1. The molecule has 0 aromatic heterocycles. The second-order valence-electron chi connectivity index (χ2n) is 6.12. The van der Waals surface area contributed by atoms with Crippen LogP contribution in [0.2, 0.25) is 0 Å². The van der Waals surface area contributed by atoms with Crippen LogP contribution in [0.4, 0.5) is 0 Å². The third-order valence-electron chi connectivity index (χ3n) is 4.18. The summed E-state index contributed by atoms with van der Waals surface area (Å²) in [5, 5.41) is 8.21. The van der Waals surface area contributed by atoms with E-state index in [1.807, 2.05) is 30.3 Å². The molecular formula is C22H19N3O4. The monoisotopic (exact) mass is 389 g/mol. The fourth-order valence-electron chi connectivity index (χ4n) is 2.72. The summed E-state index contributed by atoms with van der Waals surface area (Å²) in [6.45, 7) is -0.208. The van der Waals surface area contributed by atoms with Crippen LogP contribution in [0.25, 0.3) is 10.8 Å². The molecule has 0 atom stereocenters. The van der Waals surface area contributed by atoms with Crippen LogP contribution >= 0.6 is 0 Å². The van der Waals surface area contributed by atoms with Gasteiger partial charge in [0.1, 0.15) is 0 Å². The lowest BCUT2D eigenvalue weighted by Crippen LogP contribution is -2.35. The Bertz CT molecular complexity index is 1070. The predicted molar refractivity (Wildman–Crippen MR) is 110 cm³/mol. The quantitative estimate of drug-likeness (QED) is 0.385. The lowest BCUT2D eigenvalue weighted by atomic mass is 10.0. The maximum atomic E-state index is 12.4. The molecule has 7 nitrogen and oxygen atoms in total. The second-order valence-corrected chi connectivity index (χ2v) is 6.12. The van der Waals surface area contributed by atoms with E-state index in [0.29, 0.717) is 16.7 Å². The van der Waals surface area contributed by atoms with E-state index in [1.165, 1.54) is 13.3 Å². The number of fused-ring (bicyclic) bond motifs is 1. The first-order valence-corrected chi connectivity index (χ1v) is 8.85. The molecule has 0 heterocycles. The van der Waals surface area contributed by atoms with Gasteiger partial charge in [0.25, 0.3) is 11.8 Å². The van der Waals surface area contributed by atoms with Crippen molar-refractivity contribution in [3.8, 4) is 0 Å². The Hall–Kier alpha value is -4.00. The summed E-state index contributed by atoms with van der Waals surface area (Å²) in [5.74, 6) is -1.22. The van der Waals surface area contributed by atoms with E-state index < -0.39 is 11.9 Å². The highest BCUT2D eigenvalue weighted by molar-refractivity contribution is 6.07. The molecule has 3 rings (SSSR count). The van der Waals surface area contributed by atoms with E-state index in [4.69, 9.17) is 0 Å². The van der Waals surface area contributed by atoms with Crippen LogP contribution in [-0.2, 0) is 9.53 Å². The standard InChI is InChI=1S/C22H19N3O4/c1-29-22(28)17-11-9-15(10-12-17)13-24-25-20(26)14-23-21(27)19-8-4-6-16-5-2-3-7-18(16)19/h2-13H,14H2,1H3,(H,23,27)(H,25,26)/b24-13-. The zero-order chi connectivity index (χ0) is 20.6. The number of hydrazone groups is 1. The largest absolute Gasteiger partial charge is 0.465 e. The Morgan fingerprint density at radius 3 is 2.45 bits per heavy atom. The van der Waals surface area contributed by atoms with E-state index in [1.54, 1.807) is 36.4 Å². The van der Waals surface area contributed by atoms with Crippen molar-refractivity contribution in [3.63, 3.8) is 0 Å². The maximum Gasteiger partial charge on any atom is 0.337 e. The Kier molecular flexibility index (Phi) is 6.32. The smallest absolute Gasteiger partial charge is 0.337 e. The number of methoxy groups -OCH3 is 1. The second kappa shape index (κ2) is 9.27. The molecule has 3 aromatic rings. The van der Waals surface area contributed by atoms with Gasteiger partial charge in [0, 0.05) is 5.56 Å². The Balaban J connectivity index is 1.52. The zero-order valence-corrected chi connectivity index (χ0v) is 15.7. The van der Waals surface area contributed by atoms with Crippen molar-refractivity contribution >= 4 is 34.8 Å². The molecule has 3 aromatic carbocycles. The van der Waals surface area contributed by atoms with Crippen LogP contribution in [-0.4, -0.2) is 37.7 Å². The molecule has 0 saturated heterocycles. The van der Waals surface area contributed by atoms with Crippen LogP contribution in [0.5, 0.6) is 0 Å². The van der Waals surface area contributed by atoms with Crippen molar-refractivity contribution in [2.24, 2.45) is 5.10 Å². The zero-order valence-electron chi connectivity index (χ0n) is 15.7. The highest BCUT2D eigenvalue weighted by atomic mass is 16.5. The van der Waals surface area contributed by atoms with Gasteiger partial charge in [-0.25, -0.2) is 10.2 Å². The molecule has 0 fully saturated rings. The molecule has 0 aliphatic rings. The molecule has 2 amide bonds. The van der Waals surface area contributed by atoms with Crippen molar-refractivity contribution in [3.05, 3.63) is 83.4 Å². The molecular weight excluding hydrogens is 370 g/mol. The minimum absolute atomic E-state index is 0.208. The molecule has 0 aliphatic heterocycles. The summed E-state index contributed by atoms with van der Waals surface area (Å²) in [4.78, 5) is 35.7. The van der Waals surface area contributed by atoms with Crippen molar-refractivity contribution < 1.29 is 19.1 Å². The minimum atomic E-state index is -0.457. The van der Waals surface area contributed by atoms with Gasteiger partial charge in [-0.2, -0.15) is 5.10 Å². The topological polar surface area (TPSA) is 96.9 Å². The van der Waals surface area contributed by atoms with Gasteiger partial charge in [0.2, 0.25) is 0 Å². The molecule has 29 heavy (non-hydrogen) atoms. The van der Waals surface area contributed by atoms with Gasteiger partial charge in [-0.05, 0) is 34.5 Å². The van der Waals surface area contributed by atoms with Gasteiger partial charge >= 0.3 is 5.97 Å². The minimum Gasteiger partial charge on any atom is -0.465 e. The lowest BCUT2D eigenvalue weighted by Gasteiger charge is -2.07. The van der Waals surface area contributed by atoms with Gasteiger partial charge in [-0.3, -0.25) is 9.59 Å². The number of hydrogen-bond acceptors (Lipinski definition) is 5. The molecule has 0 radical (unpaired) electrons. The average molecular weight is 389 g/mol. The fraction of sp³-hybridized carbons (Fsp3) is 0.0909. The highest BCUT2D eigenvalue weighted by Gasteiger charge is 2.10. The van der Waals surface area contributed by atoms with Crippen molar-refractivity contribution in [1.29, 1.82) is 0 Å². The van der Waals surface area contributed by atoms with Gasteiger partial charge in [-0.15, -0.1) is 0 Å². The first-order chi connectivity index (χ1) is 14.1. The van der Waals surface area contributed by atoms with E-state index in [2.05, 4.69) is 20.6 Å². The SMILES string of the molecule is COC(=O)c1ccc(/C=N\NC(=O)CNC(=O)c2cccc3ccccc23)cc1. The number of amides is 2. The number of benzene rings is 3. The summed E-state index contributed by atoms with van der Waals surface area (Å²) < 4.78 is 4.63. The van der Waals surface area contributed by atoms with E-state index in [-0.39, 0.29) is 12.5 Å². The normalized spacial score (nSPS) is 10.7. The van der Waals surface area contributed by atoms with Crippen LogP contribution < -0.4 is 10.7 Å². The van der Waals surface area contributed by atoms with Crippen molar-refractivity contribution in [1.82, 2.24) is 10.7 Å². The number of nitrogens with one attached hydrogen (secondary N) is 2. The number of esters is 1. The average Bonchev–Trinajstić information content (AvgIpc) is 2.77. The predicted octanol–water partition coefficient (Wildman–Crippen LogP) is 2.51. The molecule has 0 aliphatic carbocycles. The van der Waals surface area contributed by atoms with E-state index in [9.17, 15) is 14.4 Å². The van der Waals surface area contributed by atoms with Crippen LogP contribution in [0.1, 0.15) is 26.3 Å². The molecule has 2 N–H and O–H groups in total. The van der Waals surface area contributed by atoms with Gasteiger partial charge < -0.3 is 10.1 Å². The maximum absolute atomic E-state index is 12.4. The first kappa shape index (κ1) is 19.8. The Morgan fingerprint density at radius 1 is 0.966 bits per heavy atom. The molecule has 0 unspecified atom stereocenters. The van der Waals surface area contributed by atoms with E-state index >= 15 is 0 Å². The number of nitrogens with zero attached hydrogens (tertiary/aromatic N) is 1. The number of carbonyl (C=O) groups is 3. The summed E-state index contributed by atoms with van der Waals surface area (Å²) in [7, 11) is 1.31. The van der Waals surface area contributed by atoms with E-state index in [0.717, 1.165) is 10.8 Å². The third-order valence-corrected chi connectivity index (χ3v) is 4.18. The third kappa shape index (κ3) is 5.04. The number of rotatable bonds is 6. The van der Waals surface area contributed by atoms with Crippen LogP contribution in [0.3, 0.4) is 0 Å². The Labute approximate surface area is 167 Å².